The zero-order valence-electron chi connectivity index (χ0n) is 11.9. The number of halogens is 1. The average molecular weight is 350 g/mol. The van der Waals surface area contributed by atoms with E-state index >= 15 is 0 Å². The summed E-state index contributed by atoms with van der Waals surface area (Å²) < 4.78 is 1.14. The van der Waals surface area contributed by atoms with Crippen LogP contribution in [0.5, 0.6) is 0 Å². The molecule has 0 spiro atoms. The van der Waals surface area contributed by atoms with Crippen molar-refractivity contribution >= 4 is 27.7 Å². The normalized spacial score (nSPS) is 12.4. The van der Waals surface area contributed by atoms with E-state index < -0.39 is 0 Å². The van der Waals surface area contributed by atoms with Gasteiger partial charge < -0.3 is 5.73 Å². The van der Waals surface area contributed by atoms with Gasteiger partial charge in [0.15, 0.2) is 0 Å². The highest BCUT2D eigenvalue weighted by Gasteiger charge is 2.08. The minimum Gasteiger partial charge on any atom is -0.327 e. The number of hydrogen-bond donors (Lipinski definition) is 1. The molecule has 0 aliphatic heterocycles. The highest BCUT2D eigenvalue weighted by atomic mass is 79.9. The van der Waals surface area contributed by atoms with Crippen LogP contribution in [0.15, 0.2) is 51.8 Å². The molecule has 0 amide bonds. The van der Waals surface area contributed by atoms with Gasteiger partial charge >= 0.3 is 0 Å². The molecule has 0 bridgehead atoms. The molecule has 0 saturated heterocycles. The standard InChI is InChI=1S/C17H20BrNS/c1-12-7-8-13(2)14(9-12)10-15(19)11-20-17-6-4-3-5-16(17)18/h3-9,15H,10-11,19H2,1-2H3. The molecule has 0 saturated carbocycles. The van der Waals surface area contributed by atoms with Crippen molar-refractivity contribution in [2.75, 3.05) is 5.75 Å². The molecule has 1 unspecified atom stereocenters. The lowest BCUT2D eigenvalue weighted by atomic mass is 10.00. The van der Waals surface area contributed by atoms with Crippen molar-refractivity contribution in [3.05, 3.63) is 63.6 Å². The van der Waals surface area contributed by atoms with Crippen molar-refractivity contribution in [2.24, 2.45) is 5.73 Å². The zero-order chi connectivity index (χ0) is 14.5. The number of benzene rings is 2. The van der Waals surface area contributed by atoms with Crippen LogP contribution in [0.2, 0.25) is 0 Å². The maximum absolute atomic E-state index is 6.29. The van der Waals surface area contributed by atoms with E-state index in [9.17, 15) is 0 Å². The number of hydrogen-bond acceptors (Lipinski definition) is 2. The molecular formula is C17H20BrNS. The van der Waals surface area contributed by atoms with Gasteiger partial charge in [-0.15, -0.1) is 11.8 Å². The number of rotatable bonds is 5. The van der Waals surface area contributed by atoms with Gasteiger partial charge in [-0.2, -0.15) is 0 Å². The van der Waals surface area contributed by atoms with Gasteiger partial charge in [0.25, 0.3) is 0 Å². The van der Waals surface area contributed by atoms with E-state index in [1.807, 2.05) is 17.8 Å². The monoisotopic (exact) mass is 349 g/mol. The molecule has 20 heavy (non-hydrogen) atoms. The molecule has 2 rings (SSSR count). The summed E-state index contributed by atoms with van der Waals surface area (Å²) >= 11 is 5.39. The van der Waals surface area contributed by atoms with Gasteiger partial charge in [-0.25, -0.2) is 0 Å². The maximum Gasteiger partial charge on any atom is 0.0311 e. The molecule has 3 heteroatoms. The molecule has 2 N–H and O–H groups in total. The lowest BCUT2D eigenvalue weighted by Gasteiger charge is -2.14. The predicted molar refractivity (Wildman–Crippen MR) is 92.5 cm³/mol. The Bertz CT molecular complexity index is 583. The van der Waals surface area contributed by atoms with Crippen molar-refractivity contribution in [1.82, 2.24) is 0 Å². The van der Waals surface area contributed by atoms with E-state index in [4.69, 9.17) is 5.73 Å². The third kappa shape index (κ3) is 4.37. The fourth-order valence-corrected chi connectivity index (χ4v) is 3.64. The van der Waals surface area contributed by atoms with Gasteiger partial charge in [-0.3, -0.25) is 0 Å². The second kappa shape index (κ2) is 7.30. The smallest absolute Gasteiger partial charge is 0.0311 e. The molecule has 0 aromatic heterocycles. The van der Waals surface area contributed by atoms with Gasteiger partial charge in [0.2, 0.25) is 0 Å². The molecule has 0 aliphatic carbocycles. The van der Waals surface area contributed by atoms with Crippen molar-refractivity contribution in [3.8, 4) is 0 Å². The second-order valence-corrected chi connectivity index (χ2v) is 7.05. The Morgan fingerprint density at radius 3 is 2.65 bits per heavy atom. The summed E-state index contributed by atoms with van der Waals surface area (Å²) in [4.78, 5) is 1.25. The molecule has 0 radical (unpaired) electrons. The third-order valence-corrected chi connectivity index (χ3v) is 5.49. The summed E-state index contributed by atoms with van der Waals surface area (Å²) in [6.07, 6.45) is 0.935. The topological polar surface area (TPSA) is 26.0 Å². The van der Waals surface area contributed by atoms with Crippen LogP contribution in [-0.4, -0.2) is 11.8 Å². The molecule has 1 atom stereocenters. The van der Waals surface area contributed by atoms with Crippen molar-refractivity contribution in [1.29, 1.82) is 0 Å². The van der Waals surface area contributed by atoms with E-state index in [1.165, 1.54) is 21.6 Å². The number of aryl methyl sites for hydroxylation is 2. The Kier molecular flexibility index (Phi) is 5.70. The van der Waals surface area contributed by atoms with Crippen LogP contribution in [0.3, 0.4) is 0 Å². The molecule has 0 aliphatic rings. The largest absolute Gasteiger partial charge is 0.327 e. The maximum atomic E-state index is 6.29. The lowest BCUT2D eigenvalue weighted by Crippen LogP contribution is -2.26. The molecule has 2 aromatic carbocycles. The Labute approximate surface area is 134 Å². The first kappa shape index (κ1) is 15.6. The highest BCUT2D eigenvalue weighted by molar-refractivity contribution is 9.10. The molecule has 106 valence electrons. The third-order valence-electron chi connectivity index (χ3n) is 3.28. The van der Waals surface area contributed by atoms with E-state index in [2.05, 4.69) is 66.2 Å². The first-order valence-corrected chi connectivity index (χ1v) is 8.53. The van der Waals surface area contributed by atoms with Crippen molar-refractivity contribution in [3.63, 3.8) is 0 Å². The SMILES string of the molecule is Cc1ccc(C)c(CC(N)CSc2ccccc2Br)c1. The second-order valence-electron chi connectivity index (χ2n) is 5.14. The van der Waals surface area contributed by atoms with E-state index in [0.29, 0.717) is 0 Å². The van der Waals surface area contributed by atoms with Gasteiger partial charge in [-0.05, 0) is 59.5 Å². The van der Waals surface area contributed by atoms with Gasteiger partial charge in [-0.1, -0.05) is 35.9 Å². The first-order valence-electron chi connectivity index (χ1n) is 6.75. The molecular weight excluding hydrogens is 330 g/mol. The number of nitrogens with two attached hydrogens (primary N) is 1. The summed E-state index contributed by atoms with van der Waals surface area (Å²) in [5, 5.41) is 0. The average Bonchev–Trinajstić information content (AvgIpc) is 2.42. The summed E-state index contributed by atoms with van der Waals surface area (Å²) in [7, 11) is 0. The minimum absolute atomic E-state index is 0.174. The molecule has 0 heterocycles. The fraction of sp³-hybridized carbons (Fsp3) is 0.294. The summed E-state index contributed by atoms with van der Waals surface area (Å²) in [5.41, 5.74) is 10.3. The van der Waals surface area contributed by atoms with Crippen molar-refractivity contribution < 1.29 is 0 Å². The lowest BCUT2D eigenvalue weighted by molar-refractivity contribution is 0.744. The Morgan fingerprint density at radius 2 is 1.90 bits per heavy atom. The van der Waals surface area contributed by atoms with Crippen LogP contribution in [-0.2, 0) is 6.42 Å². The first-order chi connectivity index (χ1) is 9.56. The Balaban J connectivity index is 1.94. The van der Waals surface area contributed by atoms with Crippen LogP contribution in [0.4, 0.5) is 0 Å². The fourth-order valence-electron chi connectivity index (χ4n) is 2.12. The van der Waals surface area contributed by atoms with Crippen LogP contribution in [0.25, 0.3) is 0 Å². The molecule has 0 fully saturated rings. The summed E-state index contributed by atoms with van der Waals surface area (Å²) in [6, 6.07) is 15.0. The van der Waals surface area contributed by atoms with Gasteiger partial charge in [0, 0.05) is 21.2 Å². The molecule has 1 nitrogen and oxygen atoms in total. The Morgan fingerprint density at radius 1 is 1.15 bits per heavy atom. The van der Waals surface area contributed by atoms with Crippen LogP contribution in [0, 0.1) is 13.8 Å². The van der Waals surface area contributed by atoms with E-state index in [1.54, 1.807) is 0 Å². The summed E-state index contributed by atoms with van der Waals surface area (Å²) in [6.45, 7) is 4.28. The van der Waals surface area contributed by atoms with E-state index in [-0.39, 0.29) is 6.04 Å². The predicted octanol–water partition coefficient (Wildman–Crippen LogP) is 4.73. The zero-order valence-corrected chi connectivity index (χ0v) is 14.3. The Hall–Kier alpha value is -0.770. The minimum atomic E-state index is 0.174. The quantitative estimate of drug-likeness (QED) is 0.789. The number of thioether (sulfide) groups is 1. The van der Waals surface area contributed by atoms with E-state index in [0.717, 1.165) is 16.6 Å². The van der Waals surface area contributed by atoms with Crippen LogP contribution < -0.4 is 5.73 Å². The molecule has 2 aromatic rings. The van der Waals surface area contributed by atoms with Gasteiger partial charge in [0.1, 0.15) is 0 Å². The van der Waals surface area contributed by atoms with Crippen LogP contribution in [0.1, 0.15) is 16.7 Å². The van der Waals surface area contributed by atoms with Gasteiger partial charge in [0.05, 0.1) is 0 Å². The summed E-state index contributed by atoms with van der Waals surface area (Å²) in [5.74, 6) is 0.927. The van der Waals surface area contributed by atoms with Crippen molar-refractivity contribution in [2.45, 2.75) is 31.2 Å². The van der Waals surface area contributed by atoms with Crippen LogP contribution >= 0.6 is 27.7 Å². The highest BCUT2D eigenvalue weighted by Crippen LogP contribution is 2.27.